The molecule has 13 heteroatoms. The number of aliphatic hydroxyl groups is 1. The molecule has 0 saturated heterocycles. The number of rotatable bonds is 6. The molecule has 2 aromatic carbocycles. The third kappa shape index (κ3) is 6.01. The quantitative estimate of drug-likeness (QED) is 0.342. The number of aromatic nitrogens is 3. The monoisotopic (exact) mass is 543 g/mol. The van der Waals surface area contributed by atoms with Crippen LogP contribution in [0.15, 0.2) is 54.7 Å². The summed E-state index contributed by atoms with van der Waals surface area (Å²) >= 11 is 6.05. The normalized spacial score (nSPS) is 12.4. The first kappa shape index (κ1) is 28.3. The Labute approximate surface area is 217 Å². The molecule has 2 aromatic heterocycles. The van der Waals surface area contributed by atoms with Crippen LogP contribution in [0.4, 0.5) is 19.1 Å². The van der Waals surface area contributed by atoms with E-state index in [1.165, 1.54) is 41.0 Å². The van der Waals surface area contributed by atoms with Gasteiger partial charge in [-0.15, -0.1) is 5.10 Å². The number of hydrogen-bond acceptors (Lipinski definition) is 5. The standard InChI is InChI=1S/C22H17ClF3N5O2.2H2S/c23-15-6-5-14(12-7-8-31-17(9-12)29-22(27)30-31)19(26)18(15)21(33)28-10-16(25)20(32)11-1-3-13(24)4-2-11;;/h1-9,16,20,32H,10H2,(H2,27,30)(H,28,33);2*1H2/t16-,20-;;/m0../s1. The van der Waals surface area contributed by atoms with E-state index in [-0.39, 0.29) is 49.1 Å². The number of amides is 1. The first-order chi connectivity index (χ1) is 15.7. The summed E-state index contributed by atoms with van der Waals surface area (Å²) in [6.45, 7) is -0.623. The third-order valence-corrected chi connectivity index (χ3v) is 5.31. The largest absolute Gasteiger partial charge is 0.385 e. The first-order valence-corrected chi connectivity index (χ1v) is 10.1. The van der Waals surface area contributed by atoms with Gasteiger partial charge in [0.2, 0.25) is 5.95 Å². The van der Waals surface area contributed by atoms with Gasteiger partial charge in [0.1, 0.15) is 23.9 Å². The van der Waals surface area contributed by atoms with Gasteiger partial charge in [-0.1, -0.05) is 23.7 Å². The number of halogens is 4. The van der Waals surface area contributed by atoms with Crippen LogP contribution in [0, 0.1) is 11.6 Å². The molecule has 0 radical (unpaired) electrons. The maximum atomic E-state index is 15.3. The molecular formula is C22H21ClF3N5O2S2. The number of fused-ring (bicyclic) bond motifs is 1. The van der Waals surface area contributed by atoms with Crippen molar-refractivity contribution in [3.8, 4) is 11.1 Å². The highest BCUT2D eigenvalue weighted by molar-refractivity contribution is 7.59. The summed E-state index contributed by atoms with van der Waals surface area (Å²) in [4.78, 5) is 16.6. The van der Waals surface area contributed by atoms with E-state index in [9.17, 15) is 18.7 Å². The zero-order chi connectivity index (χ0) is 23.7. The fourth-order valence-corrected chi connectivity index (χ4v) is 3.54. The zero-order valence-corrected chi connectivity index (χ0v) is 20.6. The van der Waals surface area contributed by atoms with Gasteiger partial charge >= 0.3 is 0 Å². The highest BCUT2D eigenvalue weighted by Gasteiger charge is 2.24. The number of nitrogens with two attached hydrogens (primary N) is 1. The number of anilines is 1. The summed E-state index contributed by atoms with van der Waals surface area (Å²) in [5.41, 5.74) is 6.06. The second-order valence-electron chi connectivity index (χ2n) is 7.19. The first-order valence-electron chi connectivity index (χ1n) is 9.70. The van der Waals surface area contributed by atoms with Crippen LogP contribution in [-0.4, -0.2) is 38.3 Å². The van der Waals surface area contributed by atoms with Crippen LogP contribution in [0.25, 0.3) is 16.8 Å². The molecule has 0 aliphatic heterocycles. The molecule has 1 amide bonds. The maximum absolute atomic E-state index is 15.3. The lowest BCUT2D eigenvalue weighted by Gasteiger charge is -2.17. The number of pyridine rings is 1. The van der Waals surface area contributed by atoms with Gasteiger partial charge < -0.3 is 16.2 Å². The van der Waals surface area contributed by atoms with Crippen molar-refractivity contribution in [1.29, 1.82) is 0 Å². The molecule has 2 atom stereocenters. The molecule has 4 aromatic rings. The Kier molecular flexibility index (Phi) is 9.44. The Bertz CT molecular complexity index is 1340. The van der Waals surface area contributed by atoms with Crippen molar-refractivity contribution in [1.82, 2.24) is 19.9 Å². The number of hydrogen-bond donors (Lipinski definition) is 3. The fraction of sp³-hybridized carbons (Fsp3) is 0.136. The average molecular weight is 544 g/mol. The van der Waals surface area contributed by atoms with Gasteiger partial charge in [0, 0.05) is 11.8 Å². The number of nitrogens with zero attached hydrogens (tertiary/aromatic N) is 3. The van der Waals surface area contributed by atoms with Crippen molar-refractivity contribution in [3.63, 3.8) is 0 Å². The van der Waals surface area contributed by atoms with Crippen molar-refractivity contribution in [2.45, 2.75) is 12.3 Å². The predicted octanol–water partition coefficient (Wildman–Crippen LogP) is 3.94. The molecule has 7 nitrogen and oxygen atoms in total. The van der Waals surface area contributed by atoms with E-state index in [1.807, 2.05) is 0 Å². The summed E-state index contributed by atoms with van der Waals surface area (Å²) in [5, 5.41) is 16.1. The van der Waals surface area contributed by atoms with Crippen LogP contribution in [-0.2, 0) is 0 Å². The van der Waals surface area contributed by atoms with Crippen LogP contribution in [0.3, 0.4) is 0 Å². The molecule has 4 N–H and O–H groups in total. The molecule has 0 spiro atoms. The van der Waals surface area contributed by atoms with Crippen molar-refractivity contribution < 1.29 is 23.1 Å². The van der Waals surface area contributed by atoms with Gasteiger partial charge in [-0.05, 0) is 47.5 Å². The number of carbonyl (C=O) groups is 1. The lowest BCUT2D eigenvalue weighted by Crippen LogP contribution is -2.34. The van der Waals surface area contributed by atoms with Crippen LogP contribution in [0.5, 0.6) is 0 Å². The highest BCUT2D eigenvalue weighted by Crippen LogP contribution is 2.30. The SMILES string of the molecule is Nc1nc2cc(-c3ccc(Cl)c(C(=O)NC[C@H](F)[C@@H](O)c4ccc(F)cc4)c3F)ccn2n1.S.S. The van der Waals surface area contributed by atoms with Crippen LogP contribution in [0.1, 0.15) is 22.0 Å². The van der Waals surface area contributed by atoms with E-state index in [2.05, 4.69) is 15.4 Å². The molecule has 0 unspecified atom stereocenters. The topological polar surface area (TPSA) is 106 Å². The maximum Gasteiger partial charge on any atom is 0.255 e. The van der Waals surface area contributed by atoms with E-state index in [4.69, 9.17) is 17.3 Å². The number of benzene rings is 2. The summed E-state index contributed by atoms with van der Waals surface area (Å²) in [5.74, 6) is -2.36. The molecule has 2 heterocycles. The summed E-state index contributed by atoms with van der Waals surface area (Å²) in [6.07, 6.45) is -2.00. The van der Waals surface area contributed by atoms with Gasteiger partial charge in [-0.3, -0.25) is 4.79 Å². The van der Waals surface area contributed by atoms with Gasteiger partial charge in [0.25, 0.3) is 5.91 Å². The fourth-order valence-electron chi connectivity index (χ4n) is 3.31. The molecule has 0 bridgehead atoms. The minimum Gasteiger partial charge on any atom is -0.385 e. The summed E-state index contributed by atoms with van der Waals surface area (Å²) < 4.78 is 44.1. The lowest BCUT2D eigenvalue weighted by molar-refractivity contribution is 0.0714. The predicted molar refractivity (Wildman–Crippen MR) is 137 cm³/mol. The third-order valence-electron chi connectivity index (χ3n) is 4.99. The van der Waals surface area contributed by atoms with E-state index in [1.54, 1.807) is 6.07 Å². The molecule has 0 aliphatic rings. The lowest BCUT2D eigenvalue weighted by atomic mass is 10.0. The van der Waals surface area contributed by atoms with Gasteiger partial charge in [0.05, 0.1) is 17.1 Å². The molecule has 35 heavy (non-hydrogen) atoms. The second-order valence-corrected chi connectivity index (χ2v) is 7.60. The minimum atomic E-state index is -1.93. The van der Waals surface area contributed by atoms with Crippen LogP contribution >= 0.6 is 38.6 Å². The molecular weight excluding hydrogens is 523 g/mol. The second kappa shape index (κ2) is 11.7. The number of aliphatic hydroxyl groups excluding tert-OH is 1. The Balaban J connectivity index is 0.00000216. The van der Waals surface area contributed by atoms with Gasteiger partial charge in [-0.25, -0.2) is 17.7 Å². The zero-order valence-electron chi connectivity index (χ0n) is 17.8. The smallest absolute Gasteiger partial charge is 0.255 e. The van der Waals surface area contributed by atoms with E-state index >= 15 is 4.39 Å². The van der Waals surface area contributed by atoms with Gasteiger partial charge in [-0.2, -0.15) is 32.0 Å². The molecule has 4 rings (SSSR count). The van der Waals surface area contributed by atoms with E-state index in [0.29, 0.717) is 11.2 Å². The number of carbonyl (C=O) groups excluding carboxylic acids is 1. The van der Waals surface area contributed by atoms with Crippen molar-refractivity contribution in [2.24, 2.45) is 0 Å². The summed E-state index contributed by atoms with van der Waals surface area (Å²) in [6, 6.07) is 10.5. The van der Waals surface area contributed by atoms with E-state index < -0.39 is 41.9 Å². The minimum absolute atomic E-state index is 0. The number of nitrogens with one attached hydrogen (secondary N) is 1. The number of alkyl halides is 1. The molecule has 0 saturated carbocycles. The van der Waals surface area contributed by atoms with Gasteiger partial charge in [0.15, 0.2) is 5.65 Å². The van der Waals surface area contributed by atoms with Crippen molar-refractivity contribution in [2.75, 3.05) is 12.3 Å². The Morgan fingerprint density at radius 2 is 1.83 bits per heavy atom. The average Bonchev–Trinajstić information content (AvgIpc) is 3.16. The molecule has 0 fully saturated rings. The Morgan fingerprint density at radius 1 is 1.14 bits per heavy atom. The molecule has 0 aliphatic carbocycles. The van der Waals surface area contributed by atoms with Crippen molar-refractivity contribution in [3.05, 3.63) is 82.5 Å². The number of nitrogen functional groups attached to an aromatic ring is 1. The Hall–Kier alpha value is -2.93. The van der Waals surface area contributed by atoms with E-state index in [0.717, 1.165) is 12.1 Å². The Morgan fingerprint density at radius 3 is 2.51 bits per heavy atom. The van der Waals surface area contributed by atoms with Crippen LogP contribution < -0.4 is 11.1 Å². The van der Waals surface area contributed by atoms with Crippen molar-refractivity contribution >= 4 is 56.1 Å². The van der Waals surface area contributed by atoms with Crippen LogP contribution in [0.2, 0.25) is 5.02 Å². The highest BCUT2D eigenvalue weighted by atomic mass is 35.5. The molecule has 186 valence electrons. The summed E-state index contributed by atoms with van der Waals surface area (Å²) in [7, 11) is 0.